The smallest absolute Gasteiger partial charge is 0.264 e. The van der Waals surface area contributed by atoms with Crippen LogP contribution in [0.3, 0.4) is 0 Å². The highest BCUT2D eigenvalue weighted by atomic mass is 127. The predicted octanol–water partition coefficient (Wildman–Crippen LogP) is 2.65. The number of halogens is 1. The molecule has 0 atom stereocenters. The van der Waals surface area contributed by atoms with Gasteiger partial charge in [-0.2, -0.15) is 0 Å². The first kappa shape index (κ1) is 21.1. The fraction of sp³-hybridized carbons (Fsp3) is 0.350. The van der Waals surface area contributed by atoms with Crippen molar-refractivity contribution < 1.29 is 13.2 Å². The summed E-state index contributed by atoms with van der Waals surface area (Å²) in [5, 5.41) is 0. The van der Waals surface area contributed by atoms with E-state index in [9.17, 15) is 13.2 Å². The zero-order valence-corrected chi connectivity index (χ0v) is 18.8. The van der Waals surface area contributed by atoms with Gasteiger partial charge in [-0.25, -0.2) is 8.42 Å². The van der Waals surface area contributed by atoms with Gasteiger partial charge < -0.3 is 9.80 Å². The summed E-state index contributed by atoms with van der Waals surface area (Å²) in [7, 11) is -3.84. The van der Waals surface area contributed by atoms with Crippen LogP contribution in [0.15, 0.2) is 59.5 Å². The predicted molar refractivity (Wildman–Crippen MR) is 119 cm³/mol. The normalized spacial score (nSPS) is 15.4. The summed E-state index contributed by atoms with van der Waals surface area (Å²) >= 11 is 2.17. The molecule has 8 heteroatoms. The highest BCUT2D eigenvalue weighted by Crippen LogP contribution is 2.24. The van der Waals surface area contributed by atoms with Gasteiger partial charge in [-0.1, -0.05) is 25.1 Å². The highest BCUT2D eigenvalue weighted by molar-refractivity contribution is 14.1. The molecule has 6 nitrogen and oxygen atoms in total. The molecule has 150 valence electrons. The first-order chi connectivity index (χ1) is 13.4. The molecule has 1 fully saturated rings. The molecule has 1 amide bonds. The Hall–Kier alpha value is -1.65. The summed E-state index contributed by atoms with van der Waals surface area (Å²) in [5.41, 5.74) is 0.491. The van der Waals surface area contributed by atoms with Crippen LogP contribution in [0.5, 0.6) is 0 Å². The molecule has 0 N–H and O–H groups in total. The van der Waals surface area contributed by atoms with Gasteiger partial charge in [-0.3, -0.25) is 9.10 Å². The SMILES string of the molecule is CCN1CCN(C(=O)CN(c2ccc(I)cc2)S(=O)(=O)c2ccccc2)CC1. The van der Waals surface area contributed by atoms with Crippen molar-refractivity contribution in [2.45, 2.75) is 11.8 Å². The molecule has 3 rings (SSSR count). The van der Waals surface area contributed by atoms with E-state index in [0.29, 0.717) is 18.8 Å². The molecule has 1 aliphatic rings. The summed E-state index contributed by atoms with van der Waals surface area (Å²) < 4.78 is 28.8. The monoisotopic (exact) mass is 513 g/mol. The van der Waals surface area contributed by atoms with Crippen LogP contribution in [0.4, 0.5) is 5.69 Å². The molecule has 2 aromatic carbocycles. The quantitative estimate of drug-likeness (QED) is 0.558. The topological polar surface area (TPSA) is 60.9 Å². The number of sulfonamides is 1. The van der Waals surface area contributed by atoms with Crippen molar-refractivity contribution in [3.8, 4) is 0 Å². The molecule has 2 aromatic rings. The Balaban J connectivity index is 1.87. The highest BCUT2D eigenvalue weighted by Gasteiger charge is 2.29. The summed E-state index contributed by atoms with van der Waals surface area (Å²) in [5.74, 6) is -0.172. The molecule has 0 aliphatic carbocycles. The Morgan fingerprint density at radius 2 is 1.61 bits per heavy atom. The van der Waals surface area contributed by atoms with Crippen LogP contribution in [-0.2, 0) is 14.8 Å². The fourth-order valence-corrected chi connectivity index (χ4v) is 4.97. The maximum atomic E-state index is 13.3. The van der Waals surface area contributed by atoms with Gasteiger partial charge in [0, 0.05) is 29.7 Å². The lowest BCUT2D eigenvalue weighted by atomic mass is 10.3. The number of carbonyl (C=O) groups excluding carboxylic acids is 1. The minimum atomic E-state index is -3.84. The minimum absolute atomic E-state index is 0.172. The van der Waals surface area contributed by atoms with Gasteiger partial charge in [-0.15, -0.1) is 0 Å². The Kier molecular flexibility index (Phi) is 6.95. The Morgan fingerprint density at radius 3 is 2.18 bits per heavy atom. The Morgan fingerprint density at radius 1 is 1.00 bits per heavy atom. The first-order valence-electron chi connectivity index (χ1n) is 9.25. The van der Waals surface area contributed by atoms with Crippen molar-refractivity contribution in [1.29, 1.82) is 0 Å². The Bertz CT molecular complexity index is 896. The standard InChI is InChI=1S/C20H24IN3O3S/c1-2-22-12-14-23(15-13-22)20(25)16-24(18-10-8-17(21)9-11-18)28(26,27)19-6-4-3-5-7-19/h3-11H,2,12-16H2,1H3. The van der Waals surface area contributed by atoms with Gasteiger partial charge >= 0.3 is 0 Å². The number of likely N-dealkylation sites (N-methyl/N-ethyl adjacent to an activating group) is 1. The zero-order valence-electron chi connectivity index (χ0n) is 15.8. The molecule has 0 radical (unpaired) electrons. The average molecular weight is 513 g/mol. The van der Waals surface area contributed by atoms with Gasteiger partial charge in [0.2, 0.25) is 5.91 Å². The lowest BCUT2D eigenvalue weighted by Gasteiger charge is -2.35. The Labute approximate surface area is 180 Å². The average Bonchev–Trinajstić information content (AvgIpc) is 2.73. The van der Waals surface area contributed by atoms with Crippen molar-refractivity contribution >= 4 is 44.2 Å². The number of carbonyl (C=O) groups is 1. The maximum absolute atomic E-state index is 13.3. The molecule has 1 saturated heterocycles. The fourth-order valence-electron chi connectivity index (χ4n) is 3.18. The van der Waals surface area contributed by atoms with Crippen molar-refractivity contribution in [1.82, 2.24) is 9.80 Å². The van der Waals surface area contributed by atoms with Gasteiger partial charge in [0.05, 0.1) is 10.6 Å². The summed E-state index contributed by atoms with van der Waals surface area (Å²) in [6.45, 7) is 5.73. The van der Waals surface area contributed by atoms with E-state index in [1.54, 1.807) is 47.4 Å². The molecule has 0 saturated carbocycles. The molecule has 1 aliphatic heterocycles. The van der Waals surface area contributed by atoms with Crippen LogP contribution >= 0.6 is 22.6 Å². The first-order valence-corrected chi connectivity index (χ1v) is 11.8. The van der Waals surface area contributed by atoms with Crippen LogP contribution in [0.25, 0.3) is 0 Å². The van der Waals surface area contributed by atoms with Crippen LogP contribution < -0.4 is 4.31 Å². The largest absolute Gasteiger partial charge is 0.339 e. The molecule has 1 heterocycles. The maximum Gasteiger partial charge on any atom is 0.264 e. The summed E-state index contributed by atoms with van der Waals surface area (Å²) in [4.78, 5) is 17.1. The van der Waals surface area contributed by atoms with Crippen molar-refractivity contribution in [2.75, 3.05) is 43.6 Å². The van der Waals surface area contributed by atoms with E-state index in [1.165, 1.54) is 4.31 Å². The van der Waals surface area contributed by atoms with Crippen LogP contribution in [-0.4, -0.2) is 63.4 Å². The number of benzene rings is 2. The third-order valence-corrected chi connectivity index (χ3v) is 7.40. The molecule has 0 bridgehead atoms. The second kappa shape index (κ2) is 9.23. The van der Waals surface area contributed by atoms with E-state index in [-0.39, 0.29) is 17.3 Å². The van der Waals surface area contributed by atoms with E-state index in [1.807, 2.05) is 12.1 Å². The molecule has 28 heavy (non-hydrogen) atoms. The number of amides is 1. The number of piperazine rings is 1. The molecular weight excluding hydrogens is 489 g/mol. The minimum Gasteiger partial charge on any atom is -0.339 e. The van der Waals surface area contributed by atoms with E-state index in [4.69, 9.17) is 0 Å². The van der Waals surface area contributed by atoms with Crippen LogP contribution in [0.1, 0.15) is 6.92 Å². The van der Waals surface area contributed by atoms with Crippen LogP contribution in [0.2, 0.25) is 0 Å². The summed E-state index contributed by atoms with van der Waals surface area (Å²) in [6, 6.07) is 15.4. The van der Waals surface area contributed by atoms with Gasteiger partial charge in [0.15, 0.2) is 0 Å². The molecule has 0 aromatic heterocycles. The van der Waals surface area contributed by atoms with E-state index < -0.39 is 10.0 Å². The van der Waals surface area contributed by atoms with Crippen molar-refractivity contribution in [2.24, 2.45) is 0 Å². The van der Waals surface area contributed by atoms with Gasteiger partial charge in [-0.05, 0) is 65.5 Å². The second-order valence-electron chi connectivity index (χ2n) is 6.62. The lowest BCUT2D eigenvalue weighted by molar-refractivity contribution is -0.131. The number of anilines is 1. The molecular formula is C20H24IN3O3S. The number of nitrogens with zero attached hydrogens (tertiary/aromatic N) is 3. The second-order valence-corrected chi connectivity index (χ2v) is 9.72. The lowest BCUT2D eigenvalue weighted by Crippen LogP contribution is -2.51. The van der Waals surface area contributed by atoms with Gasteiger partial charge in [0.1, 0.15) is 6.54 Å². The van der Waals surface area contributed by atoms with Crippen molar-refractivity contribution in [3.63, 3.8) is 0 Å². The van der Waals surface area contributed by atoms with Gasteiger partial charge in [0.25, 0.3) is 10.0 Å². The third kappa shape index (κ3) is 4.84. The summed E-state index contributed by atoms with van der Waals surface area (Å²) in [6.07, 6.45) is 0. The third-order valence-electron chi connectivity index (χ3n) is 4.90. The van der Waals surface area contributed by atoms with E-state index in [0.717, 1.165) is 23.2 Å². The number of hydrogen-bond donors (Lipinski definition) is 0. The van der Waals surface area contributed by atoms with Crippen molar-refractivity contribution in [3.05, 3.63) is 58.2 Å². The van der Waals surface area contributed by atoms with E-state index >= 15 is 0 Å². The molecule has 0 spiro atoms. The van der Waals surface area contributed by atoms with E-state index in [2.05, 4.69) is 34.4 Å². The molecule has 0 unspecified atom stereocenters. The number of hydrogen-bond acceptors (Lipinski definition) is 4. The van der Waals surface area contributed by atoms with Crippen LogP contribution in [0, 0.1) is 3.57 Å². The number of rotatable bonds is 6. The zero-order chi connectivity index (χ0) is 20.1.